The smallest absolute Gasteiger partial charge is 0.306 e. The molecule has 2 aliphatic rings. The monoisotopic (exact) mass is 523 g/mol. The maximum atomic E-state index is 14.3. The number of benzene rings is 3. The molecule has 6 nitrogen and oxygen atoms in total. The Morgan fingerprint density at radius 3 is 2.49 bits per heavy atom. The molecule has 3 aromatic carbocycles. The number of aryl methyl sites for hydroxylation is 1. The Morgan fingerprint density at radius 1 is 0.973 bits per heavy atom. The molecule has 37 heavy (non-hydrogen) atoms. The van der Waals surface area contributed by atoms with Crippen molar-refractivity contribution in [3.63, 3.8) is 0 Å². The lowest BCUT2D eigenvalue weighted by molar-refractivity contribution is -0.147. The van der Waals surface area contributed by atoms with Gasteiger partial charge in [0, 0.05) is 35.8 Å². The van der Waals surface area contributed by atoms with E-state index < -0.39 is 17.6 Å². The van der Waals surface area contributed by atoms with Crippen molar-refractivity contribution in [2.75, 3.05) is 0 Å². The average molecular weight is 524 g/mol. The molecule has 0 bridgehead atoms. The van der Waals surface area contributed by atoms with E-state index in [1.54, 1.807) is 12.1 Å². The number of hydrogen-bond donors (Lipinski definition) is 1. The van der Waals surface area contributed by atoms with Crippen LogP contribution in [0.5, 0.6) is 0 Å². The van der Waals surface area contributed by atoms with Crippen molar-refractivity contribution in [1.82, 2.24) is 15.0 Å². The van der Waals surface area contributed by atoms with Gasteiger partial charge < -0.3 is 9.63 Å². The quantitative estimate of drug-likeness (QED) is 0.333. The molecule has 0 unspecified atom stereocenters. The molecule has 1 aromatic heterocycles. The summed E-state index contributed by atoms with van der Waals surface area (Å²) in [4.78, 5) is 18.0. The normalized spacial score (nSPS) is 18.7. The predicted molar refractivity (Wildman–Crippen MR) is 136 cm³/mol. The van der Waals surface area contributed by atoms with Crippen LogP contribution in [0, 0.1) is 24.5 Å². The Balaban J connectivity index is 0.00000280. The van der Waals surface area contributed by atoms with Gasteiger partial charge in [0.25, 0.3) is 5.89 Å². The number of fused-ring (bicyclic) bond motifs is 1. The average Bonchev–Trinajstić information content (AvgIpc) is 3.46. The van der Waals surface area contributed by atoms with Crippen molar-refractivity contribution in [3.8, 4) is 34.0 Å². The number of aliphatic carboxylic acids is 1. The van der Waals surface area contributed by atoms with Gasteiger partial charge in [0.15, 0.2) is 0 Å². The van der Waals surface area contributed by atoms with Gasteiger partial charge in [-0.15, -0.1) is 12.4 Å². The Labute approximate surface area is 218 Å². The standard InChI is InChI=1S/C28H23F2N3O3.ClH/c1-15-8-17(4-6-23(15)24-12-21(29)5-7-25(24)30)27-31-26(32-36-27)16-2-3-18-13-33(14-20(18)9-16)22-10-19(11-22)28(34)35;/h2-9,12,19,22H,10-11,13-14H2,1H3,(H,34,35);1H. The van der Waals surface area contributed by atoms with Gasteiger partial charge in [-0.25, -0.2) is 8.78 Å². The number of aromatic nitrogens is 2. The molecule has 0 atom stereocenters. The van der Waals surface area contributed by atoms with Crippen molar-refractivity contribution in [1.29, 1.82) is 0 Å². The minimum atomic E-state index is -0.705. The maximum absolute atomic E-state index is 14.3. The fraction of sp³-hybridized carbons (Fsp3) is 0.250. The molecule has 1 aliphatic heterocycles. The van der Waals surface area contributed by atoms with Crippen LogP contribution >= 0.6 is 12.4 Å². The van der Waals surface area contributed by atoms with Crippen LogP contribution in [0.25, 0.3) is 34.0 Å². The summed E-state index contributed by atoms with van der Waals surface area (Å²) < 4.78 is 33.4. The van der Waals surface area contributed by atoms with E-state index in [2.05, 4.69) is 27.2 Å². The number of carboxylic acids is 1. The molecule has 2 heterocycles. The summed E-state index contributed by atoms with van der Waals surface area (Å²) in [6.45, 7) is 3.43. The molecule has 0 saturated heterocycles. The van der Waals surface area contributed by atoms with Crippen LogP contribution < -0.4 is 0 Å². The molecule has 1 fully saturated rings. The number of nitrogens with zero attached hydrogens (tertiary/aromatic N) is 3. The molecule has 6 rings (SSSR count). The molecule has 190 valence electrons. The van der Waals surface area contributed by atoms with Crippen LogP contribution in [-0.4, -0.2) is 32.2 Å². The number of halogens is 3. The van der Waals surface area contributed by atoms with Crippen molar-refractivity contribution in [2.45, 2.75) is 38.9 Å². The van der Waals surface area contributed by atoms with Crippen molar-refractivity contribution < 1.29 is 23.2 Å². The van der Waals surface area contributed by atoms with E-state index in [-0.39, 0.29) is 23.9 Å². The maximum Gasteiger partial charge on any atom is 0.306 e. The second-order valence-electron chi connectivity index (χ2n) is 9.63. The molecule has 9 heteroatoms. The molecule has 1 aliphatic carbocycles. The highest BCUT2D eigenvalue weighted by Gasteiger charge is 2.39. The SMILES string of the molecule is Cc1cc(-c2nc(-c3ccc4c(c3)CN(C3CC(C(=O)O)C3)C4)no2)ccc1-c1cc(F)ccc1F.Cl. The highest BCUT2D eigenvalue weighted by atomic mass is 35.5. The fourth-order valence-corrected chi connectivity index (χ4v) is 5.17. The van der Waals surface area contributed by atoms with Gasteiger partial charge in [0.05, 0.1) is 5.92 Å². The van der Waals surface area contributed by atoms with Gasteiger partial charge in [-0.2, -0.15) is 4.98 Å². The Hall–Kier alpha value is -3.62. The summed E-state index contributed by atoms with van der Waals surface area (Å²) in [7, 11) is 0. The molecule has 4 aromatic rings. The van der Waals surface area contributed by atoms with E-state index in [4.69, 9.17) is 9.63 Å². The van der Waals surface area contributed by atoms with Gasteiger partial charge in [-0.3, -0.25) is 9.69 Å². The van der Waals surface area contributed by atoms with E-state index in [0.29, 0.717) is 41.7 Å². The summed E-state index contributed by atoms with van der Waals surface area (Å²) in [6, 6.07) is 15.1. The van der Waals surface area contributed by atoms with Gasteiger partial charge in [-0.1, -0.05) is 23.4 Å². The van der Waals surface area contributed by atoms with Crippen LogP contribution in [0.1, 0.15) is 29.5 Å². The minimum absolute atomic E-state index is 0. The largest absolute Gasteiger partial charge is 0.481 e. The first-order valence-electron chi connectivity index (χ1n) is 11.8. The zero-order valence-electron chi connectivity index (χ0n) is 19.9. The number of rotatable bonds is 5. The Kier molecular flexibility index (Phi) is 6.56. The summed E-state index contributed by atoms with van der Waals surface area (Å²) >= 11 is 0. The van der Waals surface area contributed by atoms with Crippen LogP contribution in [0.4, 0.5) is 8.78 Å². The molecule has 1 saturated carbocycles. The summed E-state index contributed by atoms with van der Waals surface area (Å²) in [5.74, 6) is -1.09. The van der Waals surface area contributed by atoms with Crippen molar-refractivity contribution >= 4 is 18.4 Å². The predicted octanol–water partition coefficient (Wildman–Crippen LogP) is 6.26. The first kappa shape index (κ1) is 25.0. The minimum Gasteiger partial charge on any atom is -0.481 e. The number of carbonyl (C=O) groups is 1. The van der Waals surface area contributed by atoms with Gasteiger partial charge in [-0.05, 0) is 78.4 Å². The summed E-state index contributed by atoms with van der Waals surface area (Å²) in [6.07, 6.45) is 1.41. The highest BCUT2D eigenvalue weighted by molar-refractivity contribution is 5.85. The number of hydrogen-bond acceptors (Lipinski definition) is 5. The molecule has 1 N–H and O–H groups in total. The second-order valence-corrected chi connectivity index (χ2v) is 9.63. The first-order chi connectivity index (χ1) is 17.4. The molecule has 0 amide bonds. The van der Waals surface area contributed by atoms with Crippen LogP contribution in [0.15, 0.2) is 59.1 Å². The molecule has 0 spiro atoms. The van der Waals surface area contributed by atoms with Crippen molar-refractivity contribution in [2.24, 2.45) is 5.92 Å². The van der Waals surface area contributed by atoms with E-state index in [9.17, 15) is 13.6 Å². The second kappa shape index (κ2) is 9.68. The summed E-state index contributed by atoms with van der Waals surface area (Å²) in [5, 5.41) is 13.3. The lowest BCUT2D eigenvalue weighted by atomic mass is 9.79. The Bertz CT molecular complexity index is 1500. The van der Waals surface area contributed by atoms with Crippen LogP contribution in [0.2, 0.25) is 0 Å². The first-order valence-corrected chi connectivity index (χ1v) is 11.8. The topological polar surface area (TPSA) is 79.5 Å². The third kappa shape index (κ3) is 4.63. The number of carboxylic acid groups (broad SMARTS) is 1. The van der Waals surface area contributed by atoms with Gasteiger partial charge in [0.2, 0.25) is 5.82 Å². The van der Waals surface area contributed by atoms with Gasteiger partial charge >= 0.3 is 5.97 Å². The zero-order valence-corrected chi connectivity index (χ0v) is 20.8. The lowest BCUT2D eigenvalue weighted by Gasteiger charge is -2.39. The molecular weight excluding hydrogens is 500 g/mol. The van der Waals surface area contributed by atoms with Crippen molar-refractivity contribution in [3.05, 3.63) is 82.9 Å². The van der Waals surface area contributed by atoms with Gasteiger partial charge in [0.1, 0.15) is 11.6 Å². The third-order valence-corrected chi connectivity index (χ3v) is 7.31. The summed E-state index contributed by atoms with van der Waals surface area (Å²) in [5.41, 5.74) is 5.52. The van der Waals surface area contributed by atoms with Crippen LogP contribution in [0.3, 0.4) is 0 Å². The zero-order chi connectivity index (χ0) is 25.0. The van der Waals surface area contributed by atoms with E-state index >= 15 is 0 Å². The molecular formula is C28H24ClF2N3O3. The third-order valence-electron chi connectivity index (χ3n) is 7.31. The highest BCUT2D eigenvalue weighted by Crippen LogP contribution is 2.38. The lowest BCUT2D eigenvalue weighted by Crippen LogP contribution is -2.44. The fourth-order valence-electron chi connectivity index (χ4n) is 5.17. The Morgan fingerprint density at radius 2 is 1.73 bits per heavy atom. The molecule has 0 radical (unpaired) electrons. The van der Waals surface area contributed by atoms with E-state index in [1.165, 1.54) is 17.2 Å². The van der Waals surface area contributed by atoms with Crippen LogP contribution in [-0.2, 0) is 17.9 Å². The van der Waals surface area contributed by atoms with E-state index in [1.807, 2.05) is 19.1 Å². The van der Waals surface area contributed by atoms with E-state index in [0.717, 1.165) is 36.3 Å².